The van der Waals surface area contributed by atoms with E-state index in [-0.39, 0.29) is 17.9 Å². The van der Waals surface area contributed by atoms with Crippen LogP contribution >= 0.6 is 11.3 Å². The van der Waals surface area contributed by atoms with E-state index in [0.29, 0.717) is 26.1 Å². The Morgan fingerprint density at radius 2 is 1.93 bits per heavy atom. The Morgan fingerprint density at radius 1 is 1.17 bits per heavy atom. The number of fused-ring (bicyclic) bond motifs is 1. The van der Waals surface area contributed by atoms with Crippen molar-refractivity contribution >= 4 is 33.4 Å². The van der Waals surface area contributed by atoms with Crippen molar-refractivity contribution in [1.82, 2.24) is 20.1 Å². The van der Waals surface area contributed by atoms with E-state index < -0.39 is 0 Å². The molecule has 3 rings (SSSR count). The number of nitrogens with one attached hydrogen (secondary N) is 1. The zero-order chi connectivity index (χ0) is 20.6. The largest absolute Gasteiger partial charge is 0.353 e. The molecule has 0 aliphatic carbocycles. The molecule has 1 saturated heterocycles. The third kappa shape index (κ3) is 6.51. The minimum absolute atomic E-state index is 0.0778. The van der Waals surface area contributed by atoms with Gasteiger partial charge >= 0.3 is 0 Å². The van der Waals surface area contributed by atoms with Crippen LogP contribution in [0.2, 0.25) is 0 Å². The van der Waals surface area contributed by atoms with Crippen molar-refractivity contribution in [1.29, 1.82) is 0 Å². The van der Waals surface area contributed by atoms with E-state index in [1.807, 2.05) is 30.0 Å². The van der Waals surface area contributed by atoms with E-state index in [2.05, 4.69) is 28.2 Å². The number of carbonyl (C=O) groups excluding carboxylic acids is 2. The van der Waals surface area contributed by atoms with Crippen molar-refractivity contribution in [3.05, 3.63) is 29.3 Å². The quantitative estimate of drug-likeness (QED) is 0.638. The van der Waals surface area contributed by atoms with Gasteiger partial charge in [0.15, 0.2) is 0 Å². The van der Waals surface area contributed by atoms with Gasteiger partial charge in [0.2, 0.25) is 11.8 Å². The summed E-state index contributed by atoms with van der Waals surface area (Å²) in [7, 11) is 0. The number of benzene rings is 1. The number of hydrogen-bond acceptors (Lipinski definition) is 5. The van der Waals surface area contributed by atoms with Gasteiger partial charge in [-0.3, -0.25) is 14.5 Å². The van der Waals surface area contributed by atoms with Gasteiger partial charge in [0.1, 0.15) is 0 Å². The molecule has 1 unspecified atom stereocenters. The summed E-state index contributed by atoms with van der Waals surface area (Å²) in [6.07, 6.45) is 4.35. The van der Waals surface area contributed by atoms with Gasteiger partial charge in [0, 0.05) is 38.6 Å². The topological polar surface area (TPSA) is 65.5 Å². The van der Waals surface area contributed by atoms with Gasteiger partial charge in [0.05, 0.1) is 21.8 Å². The summed E-state index contributed by atoms with van der Waals surface area (Å²) in [5.41, 5.74) is 1.07. The summed E-state index contributed by atoms with van der Waals surface area (Å²) in [5, 5.41) is 4.16. The van der Waals surface area contributed by atoms with Crippen molar-refractivity contribution < 1.29 is 9.59 Å². The molecule has 7 heteroatoms. The second-order valence-electron chi connectivity index (χ2n) is 7.82. The lowest BCUT2D eigenvalue weighted by Crippen LogP contribution is -2.51. The summed E-state index contributed by atoms with van der Waals surface area (Å²) in [5.74, 6) is 0.312. The van der Waals surface area contributed by atoms with Crippen LogP contribution in [0.15, 0.2) is 24.3 Å². The summed E-state index contributed by atoms with van der Waals surface area (Å²) in [4.78, 5) is 33.2. The number of hydrogen-bond donors (Lipinski definition) is 1. The first-order valence-corrected chi connectivity index (χ1v) is 11.5. The molecular weight excluding hydrogens is 384 g/mol. The van der Waals surface area contributed by atoms with Gasteiger partial charge in [0.25, 0.3) is 0 Å². The lowest BCUT2D eigenvalue weighted by Gasteiger charge is -2.34. The molecule has 1 atom stereocenters. The van der Waals surface area contributed by atoms with Gasteiger partial charge in [-0.15, -0.1) is 11.3 Å². The zero-order valence-electron chi connectivity index (χ0n) is 17.5. The monoisotopic (exact) mass is 416 g/mol. The number of carbonyl (C=O) groups is 2. The van der Waals surface area contributed by atoms with Gasteiger partial charge in [-0.25, -0.2) is 4.98 Å². The average Bonchev–Trinajstić information content (AvgIpc) is 3.14. The Labute approximate surface area is 177 Å². The van der Waals surface area contributed by atoms with Crippen LogP contribution in [-0.4, -0.2) is 65.4 Å². The molecule has 29 heavy (non-hydrogen) atoms. The Balaban J connectivity index is 1.32. The number of aromatic nitrogens is 1. The summed E-state index contributed by atoms with van der Waals surface area (Å²) < 4.78 is 1.23. The SMILES string of the molecule is CCC(C)NC(=O)CN1CCN(C(=O)CCCCc2nc3ccccc3s2)CC1. The van der Waals surface area contributed by atoms with Gasteiger partial charge in [-0.1, -0.05) is 19.1 Å². The molecule has 2 aromatic rings. The molecular formula is C22H32N4O2S. The van der Waals surface area contributed by atoms with Gasteiger partial charge < -0.3 is 10.2 Å². The lowest BCUT2D eigenvalue weighted by molar-refractivity contribution is -0.133. The van der Waals surface area contributed by atoms with Crippen LogP contribution < -0.4 is 5.32 Å². The van der Waals surface area contributed by atoms with E-state index in [1.165, 1.54) is 4.70 Å². The van der Waals surface area contributed by atoms with Crippen LogP contribution in [0.3, 0.4) is 0 Å². The lowest BCUT2D eigenvalue weighted by atomic mass is 10.1. The highest BCUT2D eigenvalue weighted by Crippen LogP contribution is 2.23. The molecule has 0 bridgehead atoms. The summed E-state index contributed by atoms with van der Waals surface area (Å²) in [6, 6.07) is 8.43. The molecule has 0 radical (unpaired) electrons. The second kappa shape index (κ2) is 10.7. The van der Waals surface area contributed by atoms with Crippen LogP contribution in [0.25, 0.3) is 10.2 Å². The van der Waals surface area contributed by atoms with Crippen LogP contribution in [0, 0.1) is 0 Å². The van der Waals surface area contributed by atoms with Gasteiger partial charge in [-0.05, 0) is 44.7 Å². The molecule has 1 aromatic carbocycles. The highest BCUT2D eigenvalue weighted by molar-refractivity contribution is 7.18. The molecule has 1 aromatic heterocycles. The highest BCUT2D eigenvalue weighted by Gasteiger charge is 2.22. The number of amides is 2. The van der Waals surface area contributed by atoms with E-state index in [4.69, 9.17) is 0 Å². The van der Waals surface area contributed by atoms with Crippen LogP contribution in [0.1, 0.15) is 44.5 Å². The fourth-order valence-corrected chi connectivity index (χ4v) is 4.53. The molecule has 0 spiro atoms. The standard InChI is InChI=1S/C22H32N4O2S/c1-3-17(2)23-20(27)16-25-12-14-26(15-13-25)22(28)11-7-6-10-21-24-18-8-4-5-9-19(18)29-21/h4-5,8-9,17H,3,6-7,10-16H2,1-2H3,(H,23,27). The number of unbranched alkanes of at least 4 members (excludes halogenated alkanes) is 1. The van der Waals surface area contributed by atoms with E-state index >= 15 is 0 Å². The van der Waals surface area contributed by atoms with Crippen molar-refractivity contribution in [2.24, 2.45) is 0 Å². The molecule has 0 saturated carbocycles. The molecule has 1 fully saturated rings. The first kappa shape index (κ1) is 21.7. The van der Waals surface area contributed by atoms with Crippen molar-refractivity contribution in [2.45, 2.75) is 52.0 Å². The van der Waals surface area contributed by atoms with Crippen LogP contribution in [0.4, 0.5) is 0 Å². The maximum atomic E-state index is 12.5. The Hall–Kier alpha value is -1.99. The highest BCUT2D eigenvalue weighted by atomic mass is 32.1. The maximum Gasteiger partial charge on any atom is 0.234 e. The number of aryl methyl sites for hydroxylation is 1. The molecule has 1 aliphatic rings. The second-order valence-corrected chi connectivity index (χ2v) is 8.93. The van der Waals surface area contributed by atoms with E-state index in [0.717, 1.165) is 49.3 Å². The third-order valence-corrected chi connectivity index (χ3v) is 6.58. The fraction of sp³-hybridized carbons (Fsp3) is 0.591. The fourth-order valence-electron chi connectivity index (χ4n) is 3.52. The zero-order valence-corrected chi connectivity index (χ0v) is 18.3. The van der Waals surface area contributed by atoms with E-state index in [1.54, 1.807) is 11.3 Å². The normalized spacial score (nSPS) is 16.1. The first-order chi connectivity index (χ1) is 14.0. The molecule has 1 N–H and O–H groups in total. The summed E-state index contributed by atoms with van der Waals surface area (Å²) in [6.45, 7) is 7.48. The van der Waals surface area contributed by atoms with Crippen molar-refractivity contribution in [3.63, 3.8) is 0 Å². The van der Waals surface area contributed by atoms with Crippen molar-refractivity contribution in [2.75, 3.05) is 32.7 Å². The number of para-hydroxylation sites is 1. The van der Waals surface area contributed by atoms with Crippen LogP contribution in [-0.2, 0) is 16.0 Å². The predicted molar refractivity (Wildman–Crippen MR) is 118 cm³/mol. The number of piperazine rings is 1. The molecule has 1 aliphatic heterocycles. The third-order valence-electron chi connectivity index (χ3n) is 5.48. The smallest absolute Gasteiger partial charge is 0.234 e. The molecule has 2 heterocycles. The number of thiazole rings is 1. The Bertz CT molecular complexity index is 781. The van der Waals surface area contributed by atoms with E-state index in [9.17, 15) is 9.59 Å². The predicted octanol–water partition coefficient (Wildman–Crippen LogP) is 3.07. The number of nitrogens with zero attached hydrogens (tertiary/aromatic N) is 3. The van der Waals surface area contributed by atoms with Crippen LogP contribution in [0.5, 0.6) is 0 Å². The molecule has 2 amide bonds. The van der Waals surface area contributed by atoms with Gasteiger partial charge in [-0.2, -0.15) is 0 Å². The number of rotatable bonds is 9. The maximum absolute atomic E-state index is 12.5. The molecule has 6 nitrogen and oxygen atoms in total. The average molecular weight is 417 g/mol. The first-order valence-electron chi connectivity index (χ1n) is 10.7. The minimum atomic E-state index is 0.0778. The Kier molecular flexibility index (Phi) is 8.00. The molecule has 158 valence electrons. The minimum Gasteiger partial charge on any atom is -0.353 e. The van der Waals surface area contributed by atoms with Crippen molar-refractivity contribution in [3.8, 4) is 0 Å². The summed E-state index contributed by atoms with van der Waals surface area (Å²) >= 11 is 1.75. The Morgan fingerprint density at radius 3 is 2.66 bits per heavy atom.